The normalized spacial score (nSPS) is 10.3. The Kier molecular flexibility index (Phi) is 6.22. The van der Waals surface area contributed by atoms with Gasteiger partial charge in [0.25, 0.3) is 17.7 Å². The van der Waals surface area contributed by atoms with Gasteiger partial charge in [-0.3, -0.25) is 24.7 Å². The predicted octanol–water partition coefficient (Wildman–Crippen LogP) is 2.36. The van der Waals surface area contributed by atoms with Gasteiger partial charge in [-0.15, -0.1) is 0 Å². The lowest BCUT2D eigenvalue weighted by Crippen LogP contribution is -2.25. The van der Waals surface area contributed by atoms with E-state index in [1.807, 2.05) is 0 Å². The van der Waals surface area contributed by atoms with E-state index in [0.29, 0.717) is 0 Å². The lowest BCUT2D eigenvalue weighted by Gasteiger charge is -2.08. The standard InChI is InChI=1S/C19H16ClN5O4/c20-14-4-2-1-3-13(14)18(27)23-15-10-22-24-16(15)19(28)21-9-11-5-7-12(8-6-11)17(26)25-29/h1-8,10,29H,9H2,(H,21,28)(H,22,24)(H,23,27)(H,25,26). The van der Waals surface area contributed by atoms with E-state index in [1.165, 1.54) is 18.3 Å². The molecular weight excluding hydrogens is 398 g/mol. The molecule has 0 bridgehead atoms. The molecule has 0 saturated carbocycles. The molecule has 10 heteroatoms. The summed E-state index contributed by atoms with van der Waals surface area (Å²) >= 11 is 6.02. The smallest absolute Gasteiger partial charge is 0.274 e. The molecule has 1 heterocycles. The summed E-state index contributed by atoms with van der Waals surface area (Å²) in [6.45, 7) is 0.177. The molecule has 0 aliphatic heterocycles. The number of anilines is 1. The van der Waals surface area contributed by atoms with E-state index in [-0.39, 0.29) is 34.1 Å². The van der Waals surface area contributed by atoms with Crippen molar-refractivity contribution >= 4 is 35.0 Å². The molecule has 0 aliphatic carbocycles. The maximum absolute atomic E-state index is 12.4. The van der Waals surface area contributed by atoms with Gasteiger partial charge in [0, 0.05) is 12.1 Å². The zero-order valence-electron chi connectivity index (χ0n) is 14.9. The Morgan fingerprint density at radius 1 is 1.00 bits per heavy atom. The Morgan fingerprint density at radius 2 is 1.72 bits per heavy atom. The number of aromatic nitrogens is 2. The van der Waals surface area contributed by atoms with Crippen molar-refractivity contribution in [3.63, 3.8) is 0 Å². The molecule has 0 spiro atoms. The highest BCUT2D eigenvalue weighted by Gasteiger charge is 2.17. The molecule has 0 saturated heterocycles. The number of carbonyl (C=O) groups is 3. The van der Waals surface area contributed by atoms with Gasteiger partial charge >= 0.3 is 0 Å². The Bertz CT molecular complexity index is 1050. The van der Waals surface area contributed by atoms with E-state index >= 15 is 0 Å². The van der Waals surface area contributed by atoms with E-state index in [0.717, 1.165) is 5.56 Å². The molecule has 3 amide bonds. The molecule has 0 atom stereocenters. The fourth-order valence-corrected chi connectivity index (χ4v) is 2.72. The highest BCUT2D eigenvalue weighted by atomic mass is 35.5. The number of rotatable bonds is 6. The highest BCUT2D eigenvalue weighted by Crippen LogP contribution is 2.18. The van der Waals surface area contributed by atoms with Crippen molar-refractivity contribution in [1.29, 1.82) is 0 Å². The third-order valence-corrected chi connectivity index (χ3v) is 4.33. The van der Waals surface area contributed by atoms with Gasteiger partial charge in [0.15, 0.2) is 0 Å². The minimum atomic E-state index is -0.628. The minimum absolute atomic E-state index is 0.0849. The molecule has 2 aromatic carbocycles. The molecule has 3 aromatic rings. The lowest BCUT2D eigenvalue weighted by molar-refractivity contribution is 0.0706. The molecular formula is C19H16ClN5O4. The van der Waals surface area contributed by atoms with Crippen LogP contribution in [0.5, 0.6) is 0 Å². The summed E-state index contributed by atoms with van der Waals surface area (Å²) in [5, 5.41) is 20.6. The fraction of sp³-hybridized carbons (Fsp3) is 0.0526. The van der Waals surface area contributed by atoms with E-state index in [9.17, 15) is 14.4 Å². The van der Waals surface area contributed by atoms with Gasteiger partial charge in [-0.2, -0.15) is 5.10 Å². The number of nitrogens with one attached hydrogen (secondary N) is 4. The fourth-order valence-electron chi connectivity index (χ4n) is 2.50. The van der Waals surface area contributed by atoms with Crippen molar-refractivity contribution < 1.29 is 19.6 Å². The average molecular weight is 414 g/mol. The SMILES string of the molecule is O=C(NO)c1ccc(CNC(=O)c2[nH]ncc2NC(=O)c2ccccc2Cl)cc1. The number of amides is 3. The van der Waals surface area contributed by atoms with Crippen molar-refractivity contribution in [2.75, 3.05) is 5.32 Å². The van der Waals surface area contributed by atoms with Crippen LogP contribution in [0.4, 0.5) is 5.69 Å². The van der Waals surface area contributed by atoms with E-state index < -0.39 is 17.7 Å². The molecule has 9 nitrogen and oxygen atoms in total. The van der Waals surface area contributed by atoms with Gasteiger partial charge in [-0.25, -0.2) is 5.48 Å². The topological polar surface area (TPSA) is 136 Å². The maximum Gasteiger partial charge on any atom is 0.274 e. The van der Waals surface area contributed by atoms with Crippen LogP contribution in [0.1, 0.15) is 36.8 Å². The van der Waals surface area contributed by atoms with Crippen molar-refractivity contribution in [2.45, 2.75) is 6.54 Å². The quantitative estimate of drug-likeness (QED) is 0.312. The van der Waals surface area contributed by atoms with Gasteiger partial charge in [0.2, 0.25) is 0 Å². The number of carbonyl (C=O) groups excluding carboxylic acids is 3. The second-order valence-corrected chi connectivity index (χ2v) is 6.32. The largest absolute Gasteiger partial charge is 0.347 e. The number of nitrogens with zero attached hydrogens (tertiary/aromatic N) is 1. The lowest BCUT2D eigenvalue weighted by atomic mass is 10.1. The molecule has 1 aromatic heterocycles. The Morgan fingerprint density at radius 3 is 2.41 bits per heavy atom. The number of hydroxylamine groups is 1. The van der Waals surface area contributed by atoms with Gasteiger partial charge in [-0.05, 0) is 29.8 Å². The van der Waals surface area contributed by atoms with Crippen LogP contribution in [0.15, 0.2) is 54.7 Å². The number of halogens is 1. The van der Waals surface area contributed by atoms with Gasteiger partial charge in [0.1, 0.15) is 5.69 Å². The summed E-state index contributed by atoms with van der Waals surface area (Å²) in [7, 11) is 0. The minimum Gasteiger partial charge on any atom is -0.347 e. The molecule has 5 N–H and O–H groups in total. The summed E-state index contributed by atoms with van der Waals surface area (Å²) in [4.78, 5) is 36.1. The third-order valence-electron chi connectivity index (χ3n) is 4.00. The van der Waals surface area contributed by atoms with Crippen LogP contribution in [-0.2, 0) is 6.54 Å². The summed E-state index contributed by atoms with van der Waals surface area (Å²) < 4.78 is 0. The first-order chi connectivity index (χ1) is 14.0. The van der Waals surface area contributed by atoms with E-state index in [1.54, 1.807) is 41.9 Å². The van der Waals surface area contributed by atoms with Crippen molar-refractivity contribution in [1.82, 2.24) is 21.0 Å². The summed E-state index contributed by atoms with van der Waals surface area (Å²) in [5.74, 6) is -1.57. The van der Waals surface area contributed by atoms with E-state index in [2.05, 4.69) is 20.8 Å². The van der Waals surface area contributed by atoms with Crippen molar-refractivity contribution in [3.8, 4) is 0 Å². The average Bonchev–Trinajstić information content (AvgIpc) is 3.20. The Balaban J connectivity index is 1.64. The zero-order chi connectivity index (χ0) is 20.8. The van der Waals surface area contributed by atoms with Crippen molar-refractivity contribution in [3.05, 3.63) is 82.1 Å². The Labute approximate surface area is 170 Å². The summed E-state index contributed by atoms with van der Waals surface area (Å²) in [6, 6.07) is 12.8. The first-order valence-corrected chi connectivity index (χ1v) is 8.78. The number of hydrogen-bond donors (Lipinski definition) is 5. The van der Waals surface area contributed by atoms with Gasteiger partial charge < -0.3 is 10.6 Å². The number of benzene rings is 2. The number of H-pyrrole nitrogens is 1. The molecule has 3 rings (SSSR count). The van der Waals surface area contributed by atoms with Gasteiger partial charge in [-0.1, -0.05) is 35.9 Å². The van der Waals surface area contributed by atoms with Crippen LogP contribution < -0.4 is 16.1 Å². The van der Waals surface area contributed by atoms with Crippen LogP contribution in [0.25, 0.3) is 0 Å². The molecule has 0 unspecified atom stereocenters. The molecule has 29 heavy (non-hydrogen) atoms. The van der Waals surface area contributed by atoms with Crippen LogP contribution in [0.2, 0.25) is 5.02 Å². The Hall–Kier alpha value is -3.69. The van der Waals surface area contributed by atoms with Crippen LogP contribution in [0, 0.1) is 0 Å². The maximum atomic E-state index is 12.4. The van der Waals surface area contributed by atoms with Crippen molar-refractivity contribution in [2.24, 2.45) is 0 Å². The highest BCUT2D eigenvalue weighted by molar-refractivity contribution is 6.34. The third kappa shape index (κ3) is 4.78. The first-order valence-electron chi connectivity index (χ1n) is 8.40. The second kappa shape index (κ2) is 9.00. The van der Waals surface area contributed by atoms with Crippen LogP contribution in [0.3, 0.4) is 0 Å². The molecule has 0 radical (unpaired) electrons. The number of aromatic amines is 1. The zero-order valence-corrected chi connectivity index (χ0v) is 15.7. The van der Waals surface area contributed by atoms with Crippen LogP contribution in [-0.4, -0.2) is 33.1 Å². The molecule has 0 aliphatic rings. The van der Waals surface area contributed by atoms with Crippen LogP contribution >= 0.6 is 11.6 Å². The van der Waals surface area contributed by atoms with Gasteiger partial charge in [0.05, 0.1) is 22.5 Å². The molecule has 0 fully saturated rings. The summed E-state index contributed by atoms with van der Waals surface area (Å²) in [5.41, 5.74) is 3.12. The predicted molar refractivity (Wildman–Crippen MR) is 105 cm³/mol. The molecule has 148 valence electrons. The second-order valence-electron chi connectivity index (χ2n) is 5.91. The number of hydrogen-bond acceptors (Lipinski definition) is 5. The first kappa shape index (κ1) is 20.1. The van der Waals surface area contributed by atoms with E-state index in [4.69, 9.17) is 16.8 Å². The summed E-state index contributed by atoms with van der Waals surface area (Å²) in [6.07, 6.45) is 1.33. The monoisotopic (exact) mass is 413 g/mol.